The van der Waals surface area contributed by atoms with E-state index >= 15 is 0 Å². The topological polar surface area (TPSA) is 128 Å². The van der Waals surface area contributed by atoms with E-state index in [1.807, 2.05) is 6.92 Å². The summed E-state index contributed by atoms with van der Waals surface area (Å²) < 4.78 is 10.7. The molecule has 0 unspecified atom stereocenters. The van der Waals surface area contributed by atoms with Crippen LogP contribution in [-0.4, -0.2) is 35.6 Å². The third-order valence-electron chi connectivity index (χ3n) is 4.02. The zero-order valence-corrected chi connectivity index (χ0v) is 16.1. The summed E-state index contributed by atoms with van der Waals surface area (Å²) in [6, 6.07) is 8.91. The molecule has 9 nitrogen and oxygen atoms in total. The molecule has 2 rings (SSSR count). The number of nitrogens with zero attached hydrogens (tertiary/aromatic N) is 1. The Kier molecular flexibility index (Phi) is 7.53. The van der Waals surface area contributed by atoms with Crippen molar-refractivity contribution in [1.82, 2.24) is 0 Å². The Balaban J connectivity index is 2.29. The summed E-state index contributed by atoms with van der Waals surface area (Å²) in [5.41, 5.74) is 1.05. The van der Waals surface area contributed by atoms with Gasteiger partial charge in [0.1, 0.15) is 5.75 Å². The van der Waals surface area contributed by atoms with E-state index in [9.17, 15) is 19.7 Å². The first-order valence-corrected chi connectivity index (χ1v) is 8.97. The summed E-state index contributed by atoms with van der Waals surface area (Å²) in [5.74, 6) is -0.997. The largest absolute Gasteiger partial charge is 0.491 e. The molecule has 0 atom stereocenters. The smallest absolute Gasteiger partial charge is 0.310 e. The molecule has 0 aliphatic carbocycles. The Hall–Kier alpha value is -3.62. The van der Waals surface area contributed by atoms with Gasteiger partial charge >= 0.3 is 11.7 Å². The molecule has 0 spiro atoms. The molecule has 0 aromatic heterocycles. The number of carbonyl (C=O) groups excluding carboxylic acids is 1. The van der Waals surface area contributed by atoms with Gasteiger partial charge in [-0.2, -0.15) is 0 Å². The lowest BCUT2D eigenvalue weighted by molar-refractivity contribution is -0.385. The molecule has 2 aromatic carbocycles. The predicted molar refractivity (Wildman–Crippen MR) is 106 cm³/mol. The minimum atomic E-state index is -0.917. The molecule has 0 fully saturated rings. The Morgan fingerprint density at radius 1 is 1.17 bits per heavy atom. The summed E-state index contributed by atoms with van der Waals surface area (Å²) >= 11 is 0. The second-order valence-corrected chi connectivity index (χ2v) is 6.17. The first-order chi connectivity index (χ1) is 13.8. The molecular formula is C20H22N2O7. The third-order valence-corrected chi connectivity index (χ3v) is 4.02. The maximum absolute atomic E-state index is 12.7. The summed E-state index contributed by atoms with van der Waals surface area (Å²) in [4.78, 5) is 33.9. The molecule has 0 radical (unpaired) electrons. The van der Waals surface area contributed by atoms with Gasteiger partial charge in [0.05, 0.1) is 24.3 Å². The van der Waals surface area contributed by atoms with Gasteiger partial charge in [0.25, 0.3) is 5.91 Å². The average molecular weight is 402 g/mol. The first kappa shape index (κ1) is 21.7. The number of nitro benzene ring substituents is 1. The van der Waals surface area contributed by atoms with Gasteiger partial charge in [0, 0.05) is 24.1 Å². The van der Waals surface area contributed by atoms with Crippen LogP contribution in [0, 0.1) is 10.1 Å². The van der Waals surface area contributed by atoms with E-state index in [4.69, 9.17) is 14.6 Å². The minimum absolute atomic E-state index is 0.0275. The van der Waals surface area contributed by atoms with E-state index in [-0.39, 0.29) is 23.4 Å². The molecule has 9 heteroatoms. The predicted octanol–water partition coefficient (Wildman–Crippen LogP) is 3.66. The fourth-order valence-corrected chi connectivity index (χ4v) is 2.58. The maximum Gasteiger partial charge on any atom is 0.310 e. The Morgan fingerprint density at radius 3 is 2.55 bits per heavy atom. The molecule has 0 saturated carbocycles. The number of amides is 1. The summed E-state index contributed by atoms with van der Waals surface area (Å²) in [6.45, 7) is 2.39. The molecule has 0 aliphatic rings. The summed E-state index contributed by atoms with van der Waals surface area (Å²) in [7, 11) is 1.28. The molecule has 0 saturated heterocycles. The number of nitrogens with one attached hydrogen (secondary N) is 1. The maximum atomic E-state index is 12.7. The third kappa shape index (κ3) is 5.93. The number of benzene rings is 2. The fraction of sp³-hybridized carbons (Fsp3) is 0.300. The highest BCUT2D eigenvalue weighted by atomic mass is 16.6. The van der Waals surface area contributed by atoms with Crippen molar-refractivity contribution in [1.29, 1.82) is 0 Å². The van der Waals surface area contributed by atoms with E-state index in [0.717, 1.165) is 12.0 Å². The molecule has 29 heavy (non-hydrogen) atoms. The molecule has 0 heterocycles. The van der Waals surface area contributed by atoms with Crippen molar-refractivity contribution in [3.05, 3.63) is 57.6 Å². The Bertz CT molecular complexity index is 912. The number of aliphatic carboxylic acids is 1. The standard InChI is InChI=1S/C20H22N2O7/c1-3-10-29-17-8-4-13(5-9-19(23)24)11-15(17)21-20(25)14-6-7-16(22(26)27)18(12-14)28-2/h4,6-8,11-12H,3,5,9-10H2,1-2H3,(H,21,25)(H,23,24). The monoisotopic (exact) mass is 402 g/mol. The van der Waals surface area contributed by atoms with Crippen LogP contribution in [0.4, 0.5) is 11.4 Å². The van der Waals surface area contributed by atoms with E-state index in [0.29, 0.717) is 24.5 Å². The van der Waals surface area contributed by atoms with Crippen LogP contribution in [0.5, 0.6) is 11.5 Å². The van der Waals surface area contributed by atoms with Gasteiger partial charge in [0.15, 0.2) is 5.75 Å². The molecule has 1 amide bonds. The van der Waals surface area contributed by atoms with Crippen molar-refractivity contribution in [3.8, 4) is 11.5 Å². The molecule has 2 N–H and O–H groups in total. The lowest BCUT2D eigenvalue weighted by atomic mass is 10.1. The number of carboxylic acid groups (broad SMARTS) is 1. The molecule has 0 aliphatic heterocycles. The van der Waals surface area contributed by atoms with Crippen LogP contribution in [0.3, 0.4) is 0 Å². The molecular weight excluding hydrogens is 380 g/mol. The van der Waals surface area contributed by atoms with Gasteiger partial charge in [0.2, 0.25) is 0 Å². The number of hydrogen-bond acceptors (Lipinski definition) is 6. The average Bonchev–Trinajstić information content (AvgIpc) is 2.70. The number of methoxy groups -OCH3 is 1. The van der Waals surface area contributed by atoms with Crippen molar-refractivity contribution in [2.45, 2.75) is 26.2 Å². The normalized spacial score (nSPS) is 10.3. The van der Waals surface area contributed by atoms with Gasteiger partial charge in [-0.25, -0.2) is 0 Å². The van der Waals surface area contributed by atoms with E-state index in [1.54, 1.807) is 18.2 Å². The Morgan fingerprint density at radius 2 is 1.93 bits per heavy atom. The number of hydrogen-bond donors (Lipinski definition) is 2. The second kappa shape index (κ2) is 10.1. The van der Waals surface area contributed by atoms with Crippen LogP contribution in [0.1, 0.15) is 35.7 Å². The van der Waals surface area contributed by atoms with Crippen molar-refractivity contribution >= 4 is 23.3 Å². The highest BCUT2D eigenvalue weighted by Crippen LogP contribution is 2.30. The zero-order valence-electron chi connectivity index (χ0n) is 16.1. The van der Waals surface area contributed by atoms with Crippen LogP contribution in [0.15, 0.2) is 36.4 Å². The highest BCUT2D eigenvalue weighted by molar-refractivity contribution is 6.05. The van der Waals surface area contributed by atoms with Crippen molar-refractivity contribution in [2.75, 3.05) is 19.0 Å². The lowest BCUT2D eigenvalue weighted by Crippen LogP contribution is -2.14. The fourth-order valence-electron chi connectivity index (χ4n) is 2.58. The van der Waals surface area contributed by atoms with Crippen LogP contribution < -0.4 is 14.8 Å². The van der Waals surface area contributed by atoms with Crippen LogP contribution in [0.25, 0.3) is 0 Å². The van der Waals surface area contributed by atoms with E-state index in [2.05, 4.69) is 5.32 Å². The number of rotatable bonds is 10. The number of aryl methyl sites for hydroxylation is 1. The summed E-state index contributed by atoms with van der Waals surface area (Å²) in [6.07, 6.45) is 1.04. The number of ether oxygens (including phenoxy) is 2. The van der Waals surface area contributed by atoms with Crippen molar-refractivity contribution in [3.63, 3.8) is 0 Å². The summed E-state index contributed by atoms with van der Waals surface area (Å²) in [5, 5.41) is 22.6. The highest BCUT2D eigenvalue weighted by Gasteiger charge is 2.18. The van der Waals surface area contributed by atoms with Crippen LogP contribution in [0.2, 0.25) is 0 Å². The number of carbonyl (C=O) groups is 2. The first-order valence-electron chi connectivity index (χ1n) is 8.97. The van der Waals surface area contributed by atoms with Gasteiger partial charge in [-0.3, -0.25) is 19.7 Å². The van der Waals surface area contributed by atoms with Crippen LogP contribution >= 0.6 is 0 Å². The van der Waals surface area contributed by atoms with Gasteiger partial charge in [-0.05, 0) is 36.6 Å². The number of carboxylic acids is 1. The van der Waals surface area contributed by atoms with E-state index < -0.39 is 16.8 Å². The van der Waals surface area contributed by atoms with Crippen molar-refractivity contribution < 1.29 is 29.1 Å². The van der Waals surface area contributed by atoms with Gasteiger partial charge < -0.3 is 19.9 Å². The number of anilines is 1. The Labute approximate surface area is 167 Å². The van der Waals surface area contributed by atoms with Gasteiger partial charge in [-0.1, -0.05) is 13.0 Å². The van der Waals surface area contributed by atoms with Crippen molar-refractivity contribution in [2.24, 2.45) is 0 Å². The molecule has 154 valence electrons. The van der Waals surface area contributed by atoms with Gasteiger partial charge in [-0.15, -0.1) is 0 Å². The molecule has 0 bridgehead atoms. The second-order valence-electron chi connectivity index (χ2n) is 6.17. The van der Waals surface area contributed by atoms with Crippen LogP contribution in [-0.2, 0) is 11.2 Å². The molecule has 2 aromatic rings. The number of nitro groups is 1. The SMILES string of the molecule is CCCOc1ccc(CCC(=O)O)cc1NC(=O)c1ccc([N+](=O)[O-])c(OC)c1. The minimum Gasteiger partial charge on any atom is -0.491 e. The lowest BCUT2D eigenvalue weighted by Gasteiger charge is -2.14. The zero-order chi connectivity index (χ0) is 21.4. The quantitative estimate of drug-likeness (QED) is 0.458. The van der Waals surface area contributed by atoms with E-state index in [1.165, 1.54) is 25.3 Å².